The first kappa shape index (κ1) is 12.4. The fraction of sp³-hybridized carbons (Fsp3) is 0.571. The second-order valence-electron chi connectivity index (χ2n) is 4.95. The Balaban J connectivity index is 2.46. The summed E-state index contributed by atoms with van der Waals surface area (Å²) in [5, 5.41) is 10.2. The lowest BCUT2D eigenvalue weighted by molar-refractivity contribution is 0.148. The highest BCUT2D eigenvalue weighted by Gasteiger charge is 2.21. The number of ether oxygens (including phenoxy) is 1. The van der Waals surface area contributed by atoms with Gasteiger partial charge < -0.3 is 15.6 Å². The molecule has 17 heavy (non-hydrogen) atoms. The number of hydrogen-bond acceptors (Lipinski definition) is 3. The van der Waals surface area contributed by atoms with E-state index < -0.39 is 6.10 Å². The van der Waals surface area contributed by atoms with Gasteiger partial charge in [-0.3, -0.25) is 0 Å². The highest BCUT2D eigenvalue weighted by atomic mass is 16.5. The van der Waals surface area contributed by atoms with Gasteiger partial charge in [-0.1, -0.05) is 11.6 Å². The third-order valence-electron chi connectivity index (χ3n) is 3.24. The van der Waals surface area contributed by atoms with E-state index in [1.165, 1.54) is 5.56 Å². The number of fused-ring (bicyclic) bond motifs is 1. The molecular formula is C14H21NO2. The van der Waals surface area contributed by atoms with Crippen molar-refractivity contribution >= 4 is 0 Å². The Morgan fingerprint density at radius 3 is 2.82 bits per heavy atom. The molecule has 2 rings (SSSR count). The molecule has 0 saturated heterocycles. The number of aliphatic hydroxyl groups excluding tert-OH is 1. The molecule has 0 fully saturated rings. The predicted molar refractivity (Wildman–Crippen MR) is 68.2 cm³/mol. The lowest BCUT2D eigenvalue weighted by Crippen LogP contribution is -2.25. The second kappa shape index (κ2) is 5.07. The van der Waals surface area contributed by atoms with Crippen molar-refractivity contribution in [3.63, 3.8) is 0 Å². The van der Waals surface area contributed by atoms with Crippen LogP contribution < -0.4 is 10.5 Å². The molecule has 0 aromatic heterocycles. The summed E-state index contributed by atoms with van der Waals surface area (Å²) in [4.78, 5) is 0. The van der Waals surface area contributed by atoms with Gasteiger partial charge in [0.05, 0.1) is 12.7 Å². The fourth-order valence-electron chi connectivity index (χ4n) is 2.33. The van der Waals surface area contributed by atoms with E-state index in [0.29, 0.717) is 0 Å². The lowest BCUT2D eigenvalue weighted by atomic mass is 9.96. The molecule has 1 heterocycles. The van der Waals surface area contributed by atoms with Crippen molar-refractivity contribution in [1.29, 1.82) is 0 Å². The molecule has 1 aliphatic heterocycles. The van der Waals surface area contributed by atoms with Crippen LogP contribution in [0.4, 0.5) is 0 Å². The number of rotatable bonds is 2. The maximum absolute atomic E-state index is 10.2. The van der Waals surface area contributed by atoms with Crippen LogP contribution in [0.2, 0.25) is 0 Å². The molecule has 2 atom stereocenters. The third kappa shape index (κ3) is 2.61. The summed E-state index contributed by atoms with van der Waals surface area (Å²) in [7, 11) is 0. The van der Waals surface area contributed by atoms with E-state index >= 15 is 0 Å². The van der Waals surface area contributed by atoms with Crippen molar-refractivity contribution in [3.8, 4) is 5.75 Å². The van der Waals surface area contributed by atoms with Gasteiger partial charge in [-0.05, 0) is 44.7 Å². The van der Waals surface area contributed by atoms with Crippen LogP contribution in [0.25, 0.3) is 0 Å². The van der Waals surface area contributed by atoms with Gasteiger partial charge in [-0.15, -0.1) is 0 Å². The predicted octanol–water partition coefficient (Wildman–Crippen LogP) is 2.09. The summed E-state index contributed by atoms with van der Waals surface area (Å²) in [5.41, 5.74) is 8.99. The summed E-state index contributed by atoms with van der Waals surface area (Å²) >= 11 is 0. The van der Waals surface area contributed by atoms with Crippen LogP contribution in [0.5, 0.6) is 5.75 Å². The first-order chi connectivity index (χ1) is 8.09. The van der Waals surface area contributed by atoms with Crippen molar-refractivity contribution in [2.75, 3.05) is 6.61 Å². The SMILES string of the molecule is Cc1cc2c(c(C(O)C(C)N)c1)OCCCC2. The molecule has 1 aliphatic rings. The number of aryl methyl sites for hydroxylation is 2. The normalized spacial score (nSPS) is 18.8. The summed E-state index contributed by atoms with van der Waals surface area (Å²) in [5.74, 6) is 0.859. The molecule has 3 heteroatoms. The molecule has 0 bridgehead atoms. The van der Waals surface area contributed by atoms with Gasteiger partial charge in [-0.25, -0.2) is 0 Å². The maximum Gasteiger partial charge on any atom is 0.128 e. The molecule has 2 unspecified atom stereocenters. The quantitative estimate of drug-likeness (QED) is 0.825. The van der Waals surface area contributed by atoms with Crippen molar-refractivity contribution in [1.82, 2.24) is 0 Å². The number of nitrogens with two attached hydrogens (primary N) is 1. The van der Waals surface area contributed by atoms with Gasteiger partial charge in [0.15, 0.2) is 0 Å². The van der Waals surface area contributed by atoms with Crippen LogP contribution in [-0.2, 0) is 6.42 Å². The van der Waals surface area contributed by atoms with Gasteiger partial charge >= 0.3 is 0 Å². The zero-order valence-corrected chi connectivity index (χ0v) is 10.6. The van der Waals surface area contributed by atoms with Gasteiger partial charge in [0.25, 0.3) is 0 Å². The maximum atomic E-state index is 10.2. The Labute approximate surface area is 103 Å². The Hall–Kier alpha value is -1.06. The van der Waals surface area contributed by atoms with Crippen molar-refractivity contribution in [3.05, 3.63) is 28.8 Å². The van der Waals surface area contributed by atoms with Crippen molar-refractivity contribution < 1.29 is 9.84 Å². The Bertz CT molecular complexity index is 401. The first-order valence-corrected chi connectivity index (χ1v) is 6.29. The molecule has 0 radical (unpaired) electrons. The summed E-state index contributed by atoms with van der Waals surface area (Å²) < 4.78 is 5.79. The molecule has 94 valence electrons. The van der Waals surface area contributed by atoms with E-state index in [9.17, 15) is 5.11 Å². The minimum Gasteiger partial charge on any atom is -0.493 e. The molecule has 1 aromatic rings. The molecular weight excluding hydrogens is 214 g/mol. The summed E-state index contributed by atoms with van der Waals surface area (Å²) in [6.45, 7) is 4.59. The Morgan fingerprint density at radius 2 is 2.12 bits per heavy atom. The third-order valence-corrected chi connectivity index (χ3v) is 3.24. The topological polar surface area (TPSA) is 55.5 Å². The molecule has 1 aromatic carbocycles. The van der Waals surface area contributed by atoms with E-state index in [0.717, 1.165) is 42.7 Å². The second-order valence-corrected chi connectivity index (χ2v) is 4.95. The molecule has 0 saturated carbocycles. The average Bonchev–Trinajstić information content (AvgIpc) is 2.51. The largest absolute Gasteiger partial charge is 0.493 e. The highest BCUT2D eigenvalue weighted by molar-refractivity contribution is 5.46. The first-order valence-electron chi connectivity index (χ1n) is 6.29. The Kier molecular flexibility index (Phi) is 3.69. The van der Waals surface area contributed by atoms with E-state index in [4.69, 9.17) is 10.5 Å². The monoisotopic (exact) mass is 235 g/mol. The van der Waals surface area contributed by atoms with Crippen LogP contribution in [0, 0.1) is 6.92 Å². The minimum absolute atomic E-state index is 0.284. The molecule has 0 aliphatic carbocycles. The zero-order chi connectivity index (χ0) is 12.4. The fourth-order valence-corrected chi connectivity index (χ4v) is 2.33. The molecule has 0 spiro atoms. The van der Waals surface area contributed by atoms with Crippen molar-refractivity contribution in [2.45, 2.75) is 45.3 Å². The van der Waals surface area contributed by atoms with Crippen LogP contribution in [0.15, 0.2) is 12.1 Å². The van der Waals surface area contributed by atoms with Crippen LogP contribution in [0.1, 0.15) is 42.6 Å². The zero-order valence-electron chi connectivity index (χ0n) is 10.6. The minimum atomic E-state index is -0.651. The van der Waals surface area contributed by atoms with E-state index in [-0.39, 0.29) is 6.04 Å². The average molecular weight is 235 g/mol. The summed E-state index contributed by atoms with van der Waals surface area (Å²) in [6, 6.07) is 3.85. The Morgan fingerprint density at radius 1 is 1.35 bits per heavy atom. The van der Waals surface area contributed by atoms with Crippen LogP contribution in [-0.4, -0.2) is 17.8 Å². The van der Waals surface area contributed by atoms with E-state index in [1.807, 2.05) is 19.9 Å². The number of benzene rings is 1. The number of hydrogen-bond donors (Lipinski definition) is 2. The lowest BCUT2D eigenvalue weighted by Gasteiger charge is -2.21. The van der Waals surface area contributed by atoms with Gasteiger partial charge in [-0.2, -0.15) is 0 Å². The van der Waals surface area contributed by atoms with Gasteiger partial charge in [0.1, 0.15) is 5.75 Å². The highest BCUT2D eigenvalue weighted by Crippen LogP contribution is 2.34. The van der Waals surface area contributed by atoms with E-state index in [1.54, 1.807) is 0 Å². The van der Waals surface area contributed by atoms with Crippen LogP contribution >= 0.6 is 0 Å². The number of aliphatic hydroxyl groups is 1. The molecule has 0 amide bonds. The standard InChI is InChI=1S/C14H21NO2/c1-9-7-11-5-3-4-6-17-14(11)12(8-9)13(16)10(2)15/h7-8,10,13,16H,3-6,15H2,1-2H3. The molecule has 3 nitrogen and oxygen atoms in total. The van der Waals surface area contributed by atoms with Gasteiger partial charge in [0, 0.05) is 11.6 Å². The summed E-state index contributed by atoms with van der Waals surface area (Å²) in [6.07, 6.45) is 2.59. The van der Waals surface area contributed by atoms with Crippen LogP contribution in [0.3, 0.4) is 0 Å². The van der Waals surface area contributed by atoms with Gasteiger partial charge in [0.2, 0.25) is 0 Å². The van der Waals surface area contributed by atoms with E-state index in [2.05, 4.69) is 6.07 Å². The molecule has 3 N–H and O–H groups in total. The van der Waals surface area contributed by atoms with Crippen molar-refractivity contribution in [2.24, 2.45) is 5.73 Å². The smallest absolute Gasteiger partial charge is 0.128 e.